The zero-order valence-electron chi connectivity index (χ0n) is 14.7. The number of hydrogen-bond donors (Lipinski definition) is 2. The van der Waals surface area contributed by atoms with Crippen LogP contribution in [0.2, 0.25) is 0 Å². The highest BCUT2D eigenvalue weighted by Crippen LogP contribution is 2.31. The number of nitrogens with zero attached hydrogens (tertiary/aromatic N) is 1. The Kier molecular flexibility index (Phi) is 8.22. The van der Waals surface area contributed by atoms with Crippen LogP contribution in [0, 0.1) is 15.5 Å². The van der Waals surface area contributed by atoms with Gasteiger partial charge in [-0.2, -0.15) is 0 Å². The molecule has 1 fully saturated rings. The van der Waals surface area contributed by atoms with E-state index in [0.29, 0.717) is 6.61 Å². The van der Waals surface area contributed by atoms with Gasteiger partial charge in [-0.05, 0) is 32.0 Å². The van der Waals surface area contributed by atoms with E-state index in [1.807, 2.05) is 0 Å². The molecule has 9 nitrogen and oxygen atoms in total. The largest absolute Gasteiger partial charge is 0.490 e. The first-order valence-electron chi connectivity index (χ1n) is 7.85. The van der Waals surface area contributed by atoms with Crippen LogP contribution in [-0.4, -0.2) is 53.8 Å². The lowest BCUT2D eigenvalue weighted by Crippen LogP contribution is -2.47. The lowest BCUT2D eigenvalue weighted by atomic mass is 9.80. The fourth-order valence-electron chi connectivity index (χ4n) is 2.94. The van der Waals surface area contributed by atoms with Crippen LogP contribution in [0.15, 0.2) is 23.1 Å². The average Bonchev–Trinajstić information content (AvgIpc) is 2.60. The van der Waals surface area contributed by atoms with Gasteiger partial charge in [-0.25, -0.2) is 13.1 Å². The molecule has 2 rings (SSSR count). The van der Waals surface area contributed by atoms with Crippen LogP contribution < -0.4 is 14.8 Å². The van der Waals surface area contributed by atoms with E-state index in [4.69, 9.17) is 9.47 Å². The third-order valence-corrected chi connectivity index (χ3v) is 5.81. The van der Waals surface area contributed by atoms with Gasteiger partial charge in [0.1, 0.15) is 0 Å². The van der Waals surface area contributed by atoms with Crippen LogP contribution in [0.25, 0.3) is 0 Å². The molecule has 2 N–H and O–H groups in total. The summed E-state index contributed by atoms with van der Waals surface area (Å²) in [6.07, 6.45) is 1.60. The van der Waals surface area contributed by atoms with Crippen LogP contribution in [0.5, 0.6) is 5.75 Å². The quantitative estimate of drug-likeness (QED) is 0.490. The Hall–Kier alpha value is -1.46. The first-order chi connectivity index (χ1) is 11.8. The Morgan fingerprint density at radius 2 is 1.96 bits per heavy atom. The number of sulfonamides is 1. The van der Waals surface area contributed by atoms with Crippen molar-refractivity contribution in [2.75, 3.05) is 40.5 Å². The fourth-order valence-corrected chi connectivity index (χ4v) is 4.12. The number of nitrogens with one attached hydrogen (secondary N) is 2. The summed E-state index contributed by atoms with van der Waals surface area (Å²) in [5, 5.41) is 14.2. The topological polar surface area (TPSA) is 120 Å². The fraction of sp³-hybridized carbons (Fsp3) is 0.600. The molecule has 0 aliphatic carbocycles. The molecule has 0 aromatic heterocycles. The third-order valence-electron chi connectivity index (χ3n) is 4.41. The van der Waals surface area contributed by atoms with E-state index in [1.54, 1.807) is 7.11 Å². The Bertz CT molecular complexity index is 717. The molecule has 0 saturated carbocycles. The van der Waals surface area contributed by atoms with Crippen molar-refractivity contribution in [3.05, 3.63) is 28.3 Å². The van der Waals surface area contributed by atoms with Crippen molar-refractivity contribution in [3.8, 4) is 5.75 Å². The minimum atomic E-state index is -3.82. The van der Waals surface area contributed by atoms with Crippen molar-refractivity contribution in [1.82, 2.24) is 10.0 Å². The second kappa shape index (κ2) is 9.47. The number of nitro groups is 1. The van der Waals surface area contributed by atoms with Crippen LogP contribution in [0.3, 0.4) is 0 Å². The van der Waals surface area contributed by atoms with Gasteiger partial charge in [-0.1, -0.05) is 0 Å². The molecule has 1 aliphatic heterocycles. The molecule has 1 aromatic rings. The molecule has 1 aromatic carbocycles. The van der Waals surface area contributed by atoms with Crippen molar-refractivity contribution in [1.29, 1.82) is 0 Å². The van der Waals surface area contributed by atoms with Gasteiger partial charge in [0.25, 0.3) is 0 Å². The Morgan fingerprint density at radius 1 is 1.31 bits per heavy atom. The summed E-state index contributed by atoms with van der Waals surface area (Å²) in [4.78, 5) is 10.2. The smallest absolute Gasteiger partial charge is 0.310 e. The normalized spacial score (nSPS) is 16.5. The van der Waals surface area contributed by atoms with E-state index < -0.39 is 14.9 Å². The minimum Gasteiger partial charge on any atom is -0.490 e. The van der Waals surface area contributed by atoms with E-state index in [1.165, 1.54) is 13.2 Å². The standard InChI is InChI=1S/C15H23N3O6S.ClH/c1-23-11-15(5-7-16-8-6-15)10-17-25(21,22)12-3-4-13(18(19)20)14(9-12)24-2;/h3-4,9,16-17H,5-8,10-11H2,1-2H3;1H. The van der Waals surface area contributed by atoms with Gasteiger partial charge in [0.05, 0.1) is 23.5 Å². The number of nitro benzene ring substituents is 1. The van der Waals surface area contributed by atoms with Gasteiger partial charge >= 0.3 is 5.69 Å². The molecule has 0 bridgehead atoms. The predicted molar refractivity (Wildman–Crippen MR) is 98.5 cm³/mol. The highest BCUT2D eigenvalue weighted by molar-refractivity contribution is 7.89. The van der Waals surface area contributed by atoms with Crippen LogP contribution in [0.4, 0.5) is 5.69 Å². The van der Waals surface area contributed by atoms with Crippen molar-refractivity contribution < 1.29 is 22.8 Å². The Balaban J connectivity index is 0.00000338. The number of piperidine rings is 1. The van der Waals surface area contributed by atoms with E-state index in [-0.39, 0.29) is 40.7 Å². The molecule has 26 heavy (non-hydrogen) atoms. The van der Waals surface area contributed by atoms with Crippen LogP contribution in [-0.2, 0) is 14.8 Å². The second-order valence-electron chi connectivity index (χ2n) is 6.10. The summed E-state index contributed by atoms with van der Waals surface area (Å²) < 4.78 is 38.0. The number of methoxy groups -OCH3 is 2. The van der Waals surface area contributed by atoms with E-state index in [0.717, 1.165) is 38.1 Å². The number of hydrogen-bond acceptors (Lipinski definition) is 7. The molecule has 0 radical (unpaired) electrons. The van der Waals surface area contributed by atoms with Crippen LogP contribution in [0.1, 0.15) is 12.8 Å². The summed E-state index contributed by atoms with van der Waals surface area (Å²) in [5.74, 6) is -0.0960. The molecule has 0 unspecified atom stereocenters. The summed E-state index contributed by atoms with van der Waals surface area (Å²) in [5.41, 5.74) is -0.548. The van der Waals surface area contributed by atoms with Crippen LogP contribution >= 0.6 is 12.4 Å². The summed E-state index contributed by atoms with van der Waals surface area (Å²) in [6, 6.07) is 3.49. The monoisotopic (exact) mass is 409 g/mol. The zero-order valence-corrected chi connectivity index (χ0v) is 16.3. The maximum Gasteiger partial charge on any atom is 0.310 e. The lowest BCUT2D eigenvalue weighted by molar-refractivity contribution is -0.385. The molecule has 0 spiro atoms. The molecule has 0 atom stereocenters. The highest BCUT2D eigenvalue weighted by atomic mass is 35.5. The van der Waals surface area contributed by atoms with Crippen molar-refractivity contribution >= 4 is 28.1 Å². The number of halogens is 1. The predicted octanol–water partition coefficient (Wildman–Crippen LogP) is 1.32. The third kappa shape index (κ3) is 5.27. The molecule has 0 amide bonds. The maximum atomic E-state index is 12.6. The zero-order chi connectivity index (χ0) is 18.5. The minimum absolute atomic E-state index is 0. The molecule has 11 heteroatoms. The SMILES string of the molecule is COCC1(CNS(=O)(=O)c2ccc([N+](=O)[O-])c(OC)c2)CCNCC1.Cl. The Morgan fingerprint density at radius 3 is 2.50 bits per heavy atom. The molecular formula is C15H24ClN3O6S. The lowest BCUT2D eigenvalue weighted by Gasteiger charge is -2.37. The van der Waals surface area contributed by atoms with E-state index in [9.17, 15) is 18.5 Å². The number of benzene rings is 1. The van der Waals surface area contributed by atoms with E-state index >= 15 is 0 Å². The van der Waals surface area contributed by atoms with Gasteiger partial charge in [0.15, 0.2) is 5.75 Å². The van der Waals surface area contributed by atoms with Gasteiger partial charge in [-0.3, -0.25) is 10.1 Å². The van der Waals surface area contributed by atoms with E-state index in [2.05, 4.69) is 10.0 Å². The van der Waals surface area contributed by atoms with Gasteiger partial charge in [-0.15, -0.1) is 12.4 Å². The molecular weight excluding hydrogens is 386 g/mol. The summed E-state index contributed by atoms with van der Waals surface area (Å²) >= 11 is 0. The summed E-state index contributed by atoms with van der Waals surface area (Å²) in [6.45, 7) is 2.30. The maximum absolute atomic E-state index is 12.6. The average molecular weight is 410 g/mol. The second-order valence-corrected chi connectivity index (χ2v) is 7.87. The molecule has 1 aliphatic rings. The van der Waals surface area contributed by atoms with Crippen molar-refractivity contribution in [2.45, 2.75) is 17.7 Å². The molecule has 1 saturated heterocycles. The Labute approximate surface area is 159 Å². The van der Waals surface area contributed by atoms with Gasteiger partial charge in [0.2, 0.25) is 10.0 Å². The van der Waals surface area contributed by atoms with Gasteiger partial charge < -0.3 is 14.8 Å². The molecule has 148 valence electrons. The number of ether oxygens (including phenoxy) is 2. The first-order valence-corrected chi connectivity index (χ1v) is 9.34. The van der Waals surface area contributed by atoms with Crippen molar-refractivity contribution in [2.24, 2.45) is 5.41 Å². The summed E-state index contributed by atoms with van der Waals surface area (Å²) in [7, 11) is -0.964. The highest BCUT2D eigenvalue weighted by Gasteiger charge is 2.34. The van der Waals surface area contributed by atoms with Crippen molar-refractivity contribution in [3.63, 3.8) is 0 Å². The van der Waals surface area contributed by atoms with Gasteiger partial charge in [0, 0.05) is 31.2 Å². The first kappa shape index (κ1) is 22.6. The molecule has 1 heterocycles. The number of rotatable bonds is 8.